The van der Waals surface area contributed by atoms with E-state index in [1.165, 1.54) is 0 Å². The molecule has 0 aliphatic heterocycles. The van der Waals surface area contributed by atoms with Crippen molar-refractivity contribution in [3.63, 3.8) is 0 Å². The number of carboxylic acids is 4. The zero-order valence-corrected chi connectivity index (χ0v) is 14.7. The molecule has 0 aliphatic rings. The monoisotopic (exact) mass is 414 g/mol. The summed E-state index contributed by atoms with van der Waals surface area (Å²) in [7, 11) is 0. The lowest BCUT2D eigenvalue weighted by Gasteiger charge is -1.99. The van der Waals surface area contributed by atoms with E-state index in [0.717, 1.165) is 0 Å². The van der Waals surface area contributed by atoms with Gasteiger partial charge in [-0.1, -0.05) is 0 Å². The molecule has 28 heavy (non-hydrogen) atoms. The quantitative estimate of drug-likeness (QED) is 0.177. The molecular formula is C12H26N6O10. The van der Waals surface area contributed by atoms with Gasteiger partial charge in [0, 0.05) is 0 Å². The summed E-state index contributed by atoms with van der Waals surface area (Å²) in [5.41, 5.74) is 28.3. The van der Waals surface area contributed by atoms with Gasteiger partial charge in [-0.2, -0.15) is 0 Å². The highest BCUT2D eigenvalue weighted by molar-refractivity contribution is 5.83. The number of hydrogen-bond donors (Lipinski definition) is 10. The average Bonchev–Trinajstić information content (AvgIpc) is 2.55. The van der Waals surface area contributed by atoms with E-state index in [0.29, 0.717) is 0 Å². The van der Waals surface area contributed by atoms with Crippen LogP contribution in [-0.2, 0) is 28.8 Å². The molecule has 164 valence electrons. The van der Waals surface area contributed by atoms with Crippen molar-refractivity contribution >= 4 is 35.7 Å². The van der Waals surface area contributed by atoms with E-state index in [1.807, 2.05) is 0 Å². The fourth-order valence-electron chi connectivity index (χ4n) is 0.608. The van der Waals surface area contributed by atoms with Crippen LogP contribution in [0.25, 0.3) is 0 Å². The third-order valence-corrected chi connectivity index (χ3v) is 1.83. The first-order chi connectivity index (χ1) is 12.6. The van der Waals surface area contributed by atoms with Gasteiger partial charge >= 0.3 is 23.9 Å². The maximum atomic E-state index is 9.99. The molecule has 2 unspecified atom stereocenters. The fraction of sp³-hybridized carbons (Fsp3) is 0.500. The summed E-state index contributed by atoms with van der Waals surface area (Å²) in [6.07, 6.45) is -0.620. The second-order valence-electron chi connectivity index (χ2n) is 4.43. The van der Waals surface area contributed by atoms with Crippen LogP contribution < -0.4 is 34.4 Å². The Kier molecular flexibility index (Phi) is 23.1. The smallest absolute Gasteiger partial charge is 0.321 e. The number of carbonyl (C=O) groups is 6. The average molecular weight is 414 g/mol. The van der Waals surface area contributed by atoms with Crippen LogP contribution in [0.1, 0.15) is 12.8 Å². The fourth-order valence-corrected chi connectivity index (χ4v) is 0.608. The van der Waals surface area contributed by atoms with Crippen molar-refractivity contribution in [1.82, 2.24) is 0 Å². The van der Waals surface area contributed by atoms with E-state index in [1.54, 1.807) is 0 Å². The maximum absolute atomic E-state index is 9.99. The zero-order chi connectivity index (χ0) is 23.4. The summed E-state index contributed by atoms with van der Waals surface area (Å²) in [6, 6.07) is -2.33. The van der Waals surface area contributed by atoms with E-state index in [-0.39, 0.29) is 25.9 Å². The normalized spacial score (nSPS) is 10.7. The van der Waals surface area contributed by atoms with E-state index in [4.69, 9.17) is 31.9 Å². The SMILES string of the molecule is NC(=O)CC(N)C(=O)O.NC(=O)CC(N)C(=O)O.NCC(=O)O.NCC(=O)O. The first-order valence-electron chi connectivity index (χ1n) is 6.99. The lowest BCUT2D eigenvalue weighted by molar-refractivity contribution is -0.140. The Morgan fingerprint density at radius 3 is 0.821 bits per heavy atom. The van der Waals surface area contributed by atoms with E-state index < -0.39 is 47.8 Å². The minimum absolute atomic E-state index is 0.278. The molecule has 0 radical (unpaired) electrons. The molecule has 16 heteroatoms. The number of aliphatic carboxylic acids is 4. The Bertz CT molecular complexity index is 481. The third-order valence-electron chi connectivity index (χ3n) is 1.83. The largest absolute Gasteiger partial charge is 0.480 e. The van der Waals surface area contributed by atoms with Crippen LogP contribution in [0, 0.1) is 0 Å². The second kappa shape index (κ2) is 20.0. The lowest BCUT2D eigenvalue weighted by Crippen LogP contribution is -2.34. The molecule has 0 saturated carbocycles. The Labute approximate surface area is 158 Å². The summed E-state index contributed by atoms with van der Waals surface area (Å²) in [5, 5.41) is 31.4. The highest BCUT2D eigenvalue weighted by Gasteiger charge is 2.13. The first kappa shape index (κ1) is 32.3. The van der Waals surface area contributed by atoms with Crippen molar-refractivity contribution < 1.29 is 49.2 Å². The summed E-state index contributed by atoms with van der Waals surface area (Å²) >= 11 is 0. The van der Waals surface area contributed by atoms with Crippen molar-refractivity contribution in [1.29, 1.82) is 0 Å². The molecule has 2 amide bonds. The Morgan fingerprint density at radius 1 is 0.607 bits per heavy atom. The minimum Gasteiger partial charge on any atom is -0.480 e. The molecule has 16 N–H and O–H groups in total. The van der Waals surface area contributed by atoms with Gasteiger partial charge in [0.05, 0.1) is 25.9 Å². The lowest BCUT2D eigenvalue weighted by atomic mass is 10.2. The van der Waals surface area contributed by atoms with Gasteiger partial charge in [0.2, 0.25) is 11.8 Å². The van der Waals surface area contributed by atoms with Crippen molar-refractivity contribution in [2.24, 2.45) is 34.4 Å². The summed E-state index contributed by atoms with van der Waals surface area (Å²) in [6.45, 7) is -0.556. The van der Waals surface area contributed by atoms with Crippen LogP contribution in [0.2, 0.25) is 0 Å². The Hall–Kier alpha value is -3.34. The van der Waals surface area contributed by atoms with Crippen LogP contribution >= 0.6 is 0 Å². The van der Waals surface area contributed by atoms with Gasteiger partial charge < -0.3 is 54.8 Å². The number of carbonyl (C=O) groups excluding carboxylic acids is 2. The third kappa shape index (κ3) is 38.3. The predicted molar refractivity (Wildman–Crippen MR) is 92.2 cm³/mol. The van der Waals surface area contributed by atoms with Crippen LogP contribution in [0.3, 0.4) is 0 Å². The van der Waals surface area contributed by atoms with Crippen LogP contribution in [0.15, 0.2) is 0 Å². The number of primary amides is 2. The van der Waals surface area contributed by atoms with Gasteiger partial charge in [-0.25, -0.2) is 0 Å². The molecule has 0 saturated heterocycles. The van der Waals surface area contributed by atoms with E-state index >= 15 is 0 Å². The molecular weight excluding hydrogens is 388 g/mol. The maximum Gasteiger partial charge on any atom is 0.321 e. The van der Waals surface area contributed by atoms with Gasteiger partial charge in [0.25, 0.3) is 0 Å². The molecule has 0 aromatic heterocycles. The first-order valence-corrected chi connectivity index (χ1v) is 6.99. The van der Waals surface area contributed by atoms with Gasteiger partial charge in [0.15, 0.2) is 0 Å². The highest BCUT2D eigenvalue weighted by Crippen LogP contribution is 1.85. The standard InChI is InChI=1S/2C4H8N2O3.2C2H5NO2/c2*5-2(4(8)9)1-3(6)7;2*3-1-2(4)5/h2*2H,1,5H2,(H2,6,7)(H,8,9);2*1,3H2,(H,4,5). The summed E-state index contributed by atoms with van der Waals surface area (Å²) in [5.74, 6) is -5.77. The minimum atomic E-state index is -1.21. The van der Waals surface area contributed by atoms with Gasteiger partial charge in [-0.15, -0.1) is 0 Å². The van der Waals surface area contributed by atoms with Crippen LogP contribution in [0.5, 0.6) is 0 Å². The Morgan fingerprint density at radius 2 is 0.786 bits per heavy atom. The molecule has 0 aromatic carbocycles. The molecule has 2 atom stereocenters. The van der Waals surface area contributed by atoms with Crippen molar-refractivity contribution in [3.05, 3.63) is 0 Å². The molecule has 0 fully saturated rings. The molecule has 16 nitrogen and oxygen atoms in total. The number of amides is 2. The molecule has 0 aromatic rings. The predicted octanol–water partition coefficient (Wildman–Crippen LogP) is -5.39. The number of nitrogens with two attached hydrogens (primary N) is 6. The van der Waals surface area contributed by atoms with Crippen molar-refractivity contribution in [3.8, 4) is 0 Å². The zero-order valence-electron chi connectivity index (χ0n) is 14.7. The number of rotatable bonds is 8. The van der Waals surface area contributed by atoms with Crippen molar-refractivity contribution in [2.75, 3.05) is 13.1 Å². The summed E-state index contributed by atoms with van der Waals surface area (Å²) < 4.78 is 0. The second-order valence-corrected chi connectivity index (χ2v) is 4.43. The van der Waals surface area contributed by atoms with Crippen LogP contribution in [0.4, 0.5) is 0 Å². The topological polar surface area (TPSA) is 339 Å². The van der Waals surface area contributed by atoms with Gasteiger partial charge in [0.1, 0.15) is 12.1 Å². The molecule has 0 spiro atoms. The molecule has 0 heterocycles. The van der Waals surface area contributed by atoms with Crippen molar-refractivity contribution in [2.45, 2.75) is 24.9 Å². The summed E-state index contributed by atoms with van der Waals surface area (Å²) in [4.78, 5) is 58.3. The molecule has 0 bridgehead atoms. The van der Waals surface area contributed by atoms with E-state index in [2.05, 4.69) is 22.9 Å². The number of hydrogen-bond acceptors (Lipinski definition) is 10. The Balaban J connectivity index is -0.000000143. The van der Waals surface area contributed by atoms with E-state index in [9.17, 15) is 28.8 Å². The number of carboxylic acid groups (broad SMARTS) is 4. The molecule has 0 rings (SSSR count). The van der Waals surface area contributed by atoms with Gasteiger partial charge in [-0.05, 0) is 0 Å². The van der Waals surface area contributed by atoms with Crippen LogP contribution in [-0.4, -0.2) is 81.3 Å². The molecule has 0 aliphatic carbocycles. The van der Waals surface area contributed by atoms with Gasteiger partial charge in [-0.3, -0.25) is 28.8 Å². The highest BCUT2D eigenvalue weighted by atomic mass is 16.4.